The molecule has 2 N–H and O–H groups in total. The average molecular weight is 423 g/mol. The molecule has 0 saturated carbocycles. The summed E-state index contributed by atoms with van der Waals surface area (Å²) in [7, 11) is -3.57. The van der Waals surface area contributed by atoms with Crippen molar-refractivity contribution in [2.75, 3.05) is 11.9 Å². The molecule has 2 heterocycles. The van der Waals surface area contributed by atoms with E-state index < -0.39 is 10.0 Å². The SMILES string of the molecule is Cc1ccc(S(=O)(=O)NCCc2nnc3ccc(NCc4ccccc4)nn23)cc1. The fourth-order valence-electron chi connectivity index (χ4n) is 2.97. The van der Waals surface area contributed by atoms with Crippen LogP contribution in [-0.2, 0) is 23.0 Å². The van der Waals surface area contributed by atoms with E-state index in [0.717, 1.165) is 11.1 Å². The highest BCUT2D eigenvalue weighted by Gasteiger charge is 2.14. The Morgan fingerprint density at radius 1 is 0.933 bits per heavy atom. The summed E-state index contributed by atoms with van der Waals surface area (Å²) < 4.78 is 29.1. The number of aromatic nitrogens is 4. The van der Waals surface area contributed by atoms with E-state index in [1.54, 1.807) is 28.8 Å². The molecule has 8 nitrogen and oxygen atoms in total. The van der Waals surface area contributed by atoms with Gasteiger partial charge in [-0.3, -0.25) is 0 Å². The van der Waals surface area contributed by atoms with Crippen molar-refractivity contribution in [3.63, 3.8) is 0 Å². The highest BCUT2D eigenvalue weighted by Crippen LogP contribution is 2.11. The quantitative estimate of drug-likeness (QED) is 0.453. The van der Waals surface area contributed by atoms with E-state index >= 15 is 0 Å². The van der Waals surface area contributed by atoms with E-state index in [1.807, 2.05) is 49.4 Å². The van der Waals surface area contributed by atoms with Gasteiger partial charge < -0.3 is 5.32 Å². The summed E-state index contributed by atoms with van der Waals surface area (Å²) in [6.45, 7) is 2.75. The molecule has 0 spiro atoms. The molecule has 0 amide bonds. The minimum absolute atomic E-state index is 0.195. The summed E-state index contributed by atoms with van der Waals surface area (Å²) in [5.74, 6) is 1.27. The molecular weight excluding hydrogens is 400 g/mol. The maximum absolute atomic E-state index is 12.4. The number of fused-ring (bicyclic) bond motifs is 1. The average Bonchev–Trinajstić information content (AvgIpc) is 3.15. The molecule has 30 heavy (non-hydrogen) atoms. The van der Waals surface area contributed by atoms with E-state index in [4.69, 9.17) is 0 Å². The fourth-order valence-corrected chi connectivity index (χ4v) is 4.00. The minimum atomic E-state index is -3.57. The van der Waals surface area contributed by atoms with E-state index in [0.29, 0.717) is 30.3 Å². The number of sulfonamides is 1. The molecule has 9 heteroatoms. The Hall–Kier alpha value is -3.30. The van der Waals surface area contributed by atoms with Gasteiger partial charge in [0, 0.05) is 19.5 Å². The van der Waals surface area contributed by atoms with Crippen LogP contribution in [-0.4, -0.2) is 34.8 Å². The molecule has 0 saturated heterocycles. The number of anilines is 1. The molecule has 4 rings (SSSR count). The normalized spacial score (nSPS) is 11.6. The van der Waals surface area contributed by atoms with E-state index in [9.17, 15) is 8.42 Å². The first-order valence-corrected chi connectivity index (χ1v) is 11.0. The third-order valence-corrected chi connectivity index (χ3v) is 6.09. The van der Waals surface area contributed by atoms with Crippen molar-refractivity contribution in [1.29, 1.82) is 0 Å². The second-order valence-corrected chi connectivity index (χ2v) is 8.67. The lowest BCUT2D eigenvalue weighted by Crippen LogP contribution is -2.26. The zero-order valence-corrected chi connectivity index (χ0v) is 17.3. The Balaban J connectivity index is 1.42. The lowest BCUT2D eigenvalue weighted by molar-refractivity contribution is 0.580. The van der Waals surface area contributed by atoms with Gasteiger partial charge in [-0.1, -0.05) is 48.0 Å². The number of hydrogen-bond donors (Lipinski definition) is 2. The number of aryl methyl sites for hydroxylation is 1. The van der Waals surface area contributed by atoms with Crippen molar-refractivity contribution < 1.29 is 8.42 Å². The first kappa shape index (κ1) is 20.0. The zero-order chi connectivity index (χ0) is 21.0. The van der Waals surface area contributed by atoms with Crippen molar-refractivity contribution in [1.82, 2.24) is 24.5 Å². The van der Waals surface area contributed by atoms with Crippen molar-refractivity contribution in [3.8, 4) is 0 Å². The Kier molecular flexibility index (Phi) is 5.73. The topological polar surface area (TPSA) is 101 Å². The van der Waals surface area contributed by atoms with Crippen LogP contribution in [0.25, 0.3) is 5.65 Å². The molecule has 0 atom stereocenters. The minimum Gasteiger partial charge on any atom is -0.365 e. The summed E-state index contributed by atoms with van der Waals surface area (Å²) in [4.78, 5) is 0.240. The number of hydrogen-bond acceptors (Lipinski definition) is 6. The number of nitrogens with one attached hydrogen (secondary N) is 2. The largest absolute Gasteiger partial charge is 0.365 e. The summed E-state index contributed by atoms with van der Waals surface area (Å²) in [5.41, 5.74) is 2.76. The lowest BCUT2D eigenvalue weighted by Gasteiger charge is -2.08. The van der Waals surface area contributed by atoms with Crippen molar-refractivity contribution >= 4 is 21.5 Å². The Morgan fingerprint density at radius 3 is 2.47 bits per heavy atom. The third-order valence-electron chi connectivity index (χ3n) is 4.62. The molecule has 0 fully saturated rings. The fraction of sp³-hybridized carbons (Fsp3) is 0.190. The van der Waals surface area contributed by atoms with Gasteiger partial charge in [0.1, 0.15) is 5.82 Å². The highest BCUT2D eigenvalue weighted by atomic mass is 32.2. The van der Waals surface area contributed by atoms with Crippen LogP contribution in [0.4, 0.5) is 5.82 Å². The second kappa shape index (κ2) is 8.60. The summed E-state index contributed by atoms with van der Waals surface area (Å²) in [6.07, 6.45) is 0.362. The molecule has 0 aliphatic heterocycles. The van der Waals surface area contributed by atoms with Crippen LogP contribution in [0.15, 0.2) is 71.6 Å². The molecule has 0 radical (unpaired) electrons. The molecule has 2 aromatic heterocycles. The van der Waals surface area contributed by atoms with Crippen LogP contribution in [0.3, 0.4) is 0 Å². The van der Waals surface area contributed by atoms with Crippen LogP contribution in [0, 0.1) is 6.92 Å². The number of rotatable bonds is 8. The van der Waals surface area contributed by atoms with Gasteiger partial charge in [0.25, 0.3) is 0 Å². The van der Waals surface area contributed by atoms with Crippen LogP contribution in [0.2, 0.25) is 0 Å². The highest BCUT2D eigenvalue weighted by molar-refractivity contribution is 7.89. The van der Waals surface area contributed by atoms with E-state index in [2.05, 4.69) is 25.3 Å². The van der Waals surface area contributed by atoms with Gasteiger partial charge in [0.2, 0.25) is 10.0 Å². The van der Waals surface area contributed by atoms with E-state index in [-0.39, 0.29) is 11.4 Å². The number of nitrogens with zero attached hydrogens (tertiary/aromatic N) is 4. The lowest BCUT2D eigenvalue weighted by atomic mass is 10.2. The van der Waals surface area contributed by atoms with Crippen molar-refractivity contribution in [2.45, 2.75) is 24.8 Å². The molecule has 4 aromatic rings. The zero-order valence-electron chi connectivity index (χ0n) is 16.5. The van der Waals surface area contributed by atoms with Gasteiger partial charge in [-0.05, 0) is 36.8 Å². The molecular formula is C21H22N6O2S. The summed E-state index contributed by atoms with van der Waals surface area (Å²) in [6, 6.07) is 20.4. The van der Waals surface area contributed by atoms with Crippen molar-refractivity contribution in [2.24, 2.45) is 0 Å². The molecule has 0 bridgehead atoms. The Labute approximate surface area is 175 Å². The molecule has 0 aliphatic rings. The maximum Gasteiger partial charge on any atom is 0.240 e. The third kappa shape index (κ3) is 4.64. The van der Waals surface area contributed by atoms with Gasteiger partial charge in [-0.25, -0.2) is 13.1 Å². The van der Waals surface area contributed by atoms with E-state index in [1.165, 1.54) is 0 Å². The van der Waals surface area contributed by atoms with Gasteiger partial charge in [-0.15, -0.1) is 15.3 Å². The smallest absolute Gasteiger partial charge is 0.240 e. The first-order chi connectivity index (χ1) is 14.5. The van der Waals surface area contributed by atoms with Crippen LogP contribution in [0.1, 0.15) is 17.0 Å². The van der Waals surface area contributed by atoms with Gasteiger partial charge in [0.05, 0.1) is 4.90 Å². The Morgan fingerprint density at radius 2 is 1.70 bits per heavy atom. The molecule has 2 aromatic carbocycles. The van der Waals surface area contributed by atoms with Crippen molar-refractivity contribution in [3.05, 3.63) is 83.7 Å². The Bertz CT molecular complexity index is 1240. The van der Waals surface area contributed by atoms with Gasteiger partial charge in [-0.2, -0.15) is 4.52 Å². The second-order valence-electron chi connectivity index (χ2n) is 6.90. The van der Waals surface area contributed by atoms with Gasteiger partial charge in [0.15, 0.2) is 11.5 Å². The predicted molar refractivity (Wildman–Crippen MR) is 115 cm³/mol. The maximum atomic E-state index is 12.4. The van der Waals surface area contributed by atoms with Gasteiger partial charge >= 0.3 is 0 Å². The standard InChI is InChI=1S/C21H22N6O2S/c1-16-7-9-18(10-8-16)30(28,29)23-14-13-21-25-24-20-12-11-19(26-27(20)21)22-15-17-5-3-2-4-6-17/h2-12,23H,13-15H2,1H3,(H,22,26). The predicted octanol–water partition coefficient (Wildman–Crippen LogP) is 2.57. The molecule has 0 aliphatic carbocycles. The molecule has 0 unspecified atom stereocenters. The number of benzene rings is 2. The van der Waals surface area contributed by atoms with Crippen LogP contribution < -0.4 is 10.0 Å². The first-order valence-electron chi connectivity index (χ1n) is 9.57. The monoisotopic (exact) mass is 422 g/mol. The summed E-state index contributed by atoms with van der Waals surface area (Å²) >= 11 is 0. The molecule has 154 valence electrons. The van der Waals surface area contributed by atoms with Crippen LogP contribution >= 0.6 is 0 Å². The van der Waals surface area contributed by atoms with Crippen LogP contribution in [0.5, 0.6) is 0 Å². The summed E-state index contributed by atoms with van der Waals surface area (Å²) in [5, 5.41) is 16.1.